The average Bonchev–Trinajstić information content (AvgIpc) is 2.80. The van der Waals surface area contributed by atoms with E-state index in [0.717, 1.165) is 17.8 Å². The molecule has 2 aromatic rings. The highest BCUT2D eigenvalue weighted by atomic mass is 15.0. The first-order chi connectivity index (χ1) is 17.4. The molecule has 2 aromatic carbocycles. The van der Waals surface area contributed by atoms with Crippen LogP contribution < -0.4 is 10.6 Å². The second kappa shape index (κ2) is 8.52. The summed E-state index contributed by atoms with van der Waals surface area (Å²) >= 11 is 0. The third-order valence-corrected chi connectivity index (χ3v) is 9.95. The van der Waals surface area contributed by atoms with E-state index in [9.17, 15) is 0 Å². The standard InChI is InChI=1S/C35H46N2/c1-22-20-33(3,4)36-31-18-27(8-10-29(22)31)35(7,13-12-24-14-25-16-26(15-24)17-25)28-9-11-30-23(2)21-34(5,6)37-32(30)19-28/h8-11,18-21,24-26,36-37H,12-17H2,1-7H3. The van der Waals surface area contributed by atoms with Crippen LogP contribution in [0.3, 0.4) is 0 Å². The quantitative estimate of drug-likeness (QED) is 0.432. The summed E-state index contributed by atoms with van der Waals surface area (Å²) in [6.45, 7) is 16.1. The summed E-state index contributed by atoms with van der Waals surface area (Å²) < 4.78 is 0. The highest BCUT2D eigenvalue weighted by Gasteiger charge is 2.40. The minimum absolute atomic E-state index is 0.0274. The fraction of sp³-hybridized carbons (Fsp3) is 0.543. The summed E-state index contributed by atoms with van der Waals surface area (Å²) in [4.78, 5) is 0. The summed E-state index contributed by atoms with van der Waals surface area (Å²) in [6.07, 6.45) is 13.2. The first-order valence-corrected chi connectivity index (χ1v) is 14.7. The molecule has 2 nitrogen and oxygen atoms in total. The minimum atomic E-state index is -0.0343. The molecule has 0 unspecified atom stereocenters. The maximum absolute atomic E-state index is 3.82. The van der Waals surface area contributed by atoms with E-state index in [-0.39, 0.29) is 16.5 Å². The number of hydrogen-bond acceptors (Lipinski definition) is 2. The number of hydrogen-bond donors (Lipinski definition) is 2. The lowest BCUT2D eigenvalue weighted by Gasteiger charge is -2.46. The summed E-state index contributed by atoms with van der Waals surface area (Å²) in [5.74, 6) is 2.94. The van der Waals surface area contributed by atoms with Crippen molar-refractivity contribution in [3.05, 3.63) is 70.8 Å². The molecule has 37 heavy (non-hydrogen) atoms. The van der Waals surface area contributed by atoms with Gasteiger partial charge in [-0.15, -0.1) is 0 Å². The summed E-state index contributed by atoms with van der Waals surface area (Å²) in [5.41, 5.74) is 10.8. The normalized spacial score (nSPS) is 26.9. The SMILES string of the molecule is CC1=CC(C)(C)Nc2cc(C(C)(CCC3CC4CC(C3)C4)c3ccc4c(c3)NC(C)(C)C=C4C)ccc21. The van der Waals surface area contributed by atoms with Gasteiger partial charge in [0.15, 0.2) is 0 Å². The van der Waals surface area contributed by atoms with Gasteiger partial charge in [0.25, 0.3) is 0 Å². The van der Waals surface area contributed by atoms with Gasteiger partial charge in [0.2, 0.25) is 0 Å². The van der Waals surface area contributed by atoms with Crippen molar-refractivity contribution in [2.45, 2.75) is 103 Å². The van der Waals surface area contributed by atoms with Gasteiger partial charge >= 0.3 is 0 Å². The zero-order valence-corrected chi connectivity index (χ0v) is 24.1. The Bertz CT molecular complexity index is 1190. The van der Waals surface area contributed by atoms with Crippen molar-refractivity contribution in [2.75, 3.05) is 10.6 Å². The third-order valence-electron chi connectivity index (χ3n) is 9.95. The van der Waals surface area contributed by atoms with E-state index in [4.69, 9.17) is 0 Å². The number of rotatable bonds is 5. The van der Waals surface area contributed by atoms with Crippen LogP contribution in [0.2, 0.25) is 0 Å². The maximum atomic E-state index is 3.82. The molecule has 3 fully saturated rings. The van der Waals surface area contributed by atoms with Crippen LogP contribution in [0, 0.1) is 17.8 Å². The Balaban J connectivity index is 1.39. The molecule has 196 valence electrons. The fourth-order valence-corrected chi connectivity index (χ4v) is 8.16. The molecule has 2 heterocycles. The molecular weight excluding hydrogens is 448 g/mol. The molecule has 2 bridgehead atoms. The molecule has 2 heteroatoms. The Labute approximate surface area is 225 Å². The van der Waals surface area contributed by atoms with E-state index in [1.807, 2.05) is 0 Å². The van der Waals surface area contributed by atoms with E-state index >= 15 is 0 Å². The second-order valence-corrected chi connectivity index (χ2v) is 14.3. The van der Waals surface area contributed by atoms with Crippen LogP contribution in [0.15, 0.2) is 48.6 Å². The predicted molar refractivity (Wildman–Crippen MR) is 160 cm³/mol. The van der Waals surface area contributed by atoms with Gasteiger partial charge in [0.1, 0.15) is 0 Å². The highest BCUT2D eigenvalue weighted by molar-refractivity contribution is 5.82. The van der Waals surface area contributed by atoms with Crippen LogP contribution in [-0.4, -0.2) is 11.1 Å². The van der Waals surface area contributed by atoms with Gasteiger partial charge in [-0.1, -0.05) is 43.3 Å². The van der Waals surface area contributed by atoms with Crippen molar-refractivity contribution in [2.24, 2.45) is 17.8 Å². The topological polar surface area (TPSA) is 24.1 Å². The van der Waals surface area contributed by atoms with Crippen LogP contribution in [-0.2, 0) is 5.41 Å². The molecule has 5 aliphatic rings. The van der Waals surface area contributed by atoms with Crippen LogP contribution in [0.1, 0.15) is 109 Å². The Morgan fingerprint density at radius 1 is 0.730 bits per heavy atom. The maximum Gasteiger partial charge on any atom is 0.0505 e. The van der Waals surface area contributed by atoms with E-state index in [0.29, 0.717) is 0 Å². The van der Waals surface area contributed by atoms with Crippen molar-refractivity contribution in [1.82, 2.24) is 0 Å². The smallest absolute Gasteiger partial charge is 0.0505 e. The molecule has 0 spiro atoms. The van der Waals surface area contributed by atoms with E-state index < -0.39 is 0 Å². The summed E-state index contributed by atoms with van der Waals surface area (Å²) in [7, 11) is 0. The number of anilines is 2. The highest BCUT2D eigenvalue weighted by Crippen LogP contribution is 2.51. The molecule has 7 rings (SSSR count). The van der Waals surface area contributed by atoms with Crippen molar-refractivity contribution < 1.29 is 0 Å². The van der Waals surface area contributed by atoms with Crippen molar-refractivity contribution in [3.8, 4) is 0 Å². The Morgan fingerprint density at radius 3 is 1.65 bits per heavy atom. The zero-order valence-electron chi connectivity index (χ0n) is 24.1. The Kier molecular flexibility index (Phi) is 5.72. The predicted octanol–water partition coefficient (Wildman–Crippen LogP) is 9.42. The van der Waals surface area contributed by atoms with Crippen molar-refractivity contribution in [1.29, 1.82) is 0 Å². The van der Waals surface area contributed by atoms with Gasteiger partial charge in [-0.05, 0) is 132 Å². The largest absolute Gasteiger partial charge is 0.376 e. The minimum Gasteiger partial charge on any atom is -0.376 e. The number of fused-ring (bicyclic) bond motifs is 4. The lowest BCUT2D eigenvalue weighted by atomic mass is 9.59. The van der Waals surface area contributed by atoms with E-state index in [1.165, 1.54) is 83.3 Å². The molecule has 0 aromatic heterocycles. The molecule has 0 radical (unpaired) electrons. The number of nitrogens with one attached hydrogen (secondary N) is 2. The molecular formula is C35H46N2. The number of benzene rings is 2. The van der Waals surface area contributed by atoms with Gasteiger partial charge in [-0.25, -0.2) is 0 Å². The van der Waals surface area contributed by atoms with Crippen LogP contribution >= 0.6 is 0 Å². The summed E-state index contributed by atoms with van der Waals surface area (Å²) in [5, 5.41) is 7.64. The van der Waals surface area contributed by atoms with Gasteiger partial charge in [-0.3, -0.25) is 0 Å². The lowest BCUT2D eigenvalue weighted by Crippen LogP contribution is -2.35. The number of allylic oxidation sites excluding steroid dienone is 2. The van der Waals surface area contributed by atoms with Crippen LogP contribution in [0.25, 0.3) is 11.1 Å². The fourth-order valence-electron chi connectivity index (χ4n) is 8.16. The summed E-state index contributed by atoms with van der Waals surface area (Å²) in [6, 6.07) is 14.5. The lowest BCUT2D eigenvalue weighted by molar-refractivity contribution is 0.0606. The van der Waals surface area contributed by atoms with Gasteiger partial charge in [0.05, 0.1) is 11.1 Å². The Morgan fingerprint density at radius 2 is 1.19 bits per heavy atom. The molecule has 3 aliphatic carbocycles. The zero-order chi connectivity index (χ0) is 26.2. The molecule has 0 amide bonds. The molecule has 3 saturated carbocycles. The van der Waals surface area contributed by atoms with Crippen LogP contribution in [0.5, 0.6) is 0 Å². The van der Waals surface area contributed by atoms with E-state index in [1.54, 1.807) is 0 Å². The first-order valence-electron chi connectivity index (χ1n) is 14.7. The van der Waals surface area contributed by atoms with Gasteiger partial charge in [0, 0.05) is 27.9 Å². The molecule has 2 N–H and O–H groups in total. The average molecular weight is 495 g/mol. The van der Waals surface area contributed by atoms with Crippen molar-refractivity contribution >= 4 is 22.5 Å². The third kappa shape index (κ3) is 4.55. The molecule has 0 atom stereocenters. The van der Waals surface area contributed by atoms with Crippen molar-refractivity contribution in [3.63, 3.8) is 0 Å². The van der Waals surface area contributed by atoms with Gasteiger partial charge in [-0.2, -0.15) is 0 Å². The first kappa shape index (κ1) is 24.8. The van der Waals surface area contributed by atoms with E-state index in [2.05, 4.69) is 108 Å². The van der Waals surface area contributed by atoms with Crippen LogP contribution in [0.4, 0.5) is 11.4 Å². The molecule has 0 saturated heterocycles. The Hall–Kier alpha value is -2.48. The molecule has 2 aliphatic heterocycles. The van der Waals surface area contributed by atoms with Gasteiger partial charge < -0.3 is 10.6 Å². The monoisotopic (exact) mass is 494 g/mol. The second-order valence-electron chi connectivity index (χ2n) is 14.3.